The van der Waals surface area contributed by atoms with Crippen LogP contribution in [0.1, 0.15) is 41.4 Å². The summed E-state index contributed by atoms with van der Waals surface area (Å²) < 4.78 is 13.6. The predicted molar refractivity (Wildman–Crippen MR) is 126 cm³/mol. The monoisotopic (exact) mass is 464 g/mol. The summed E-state index contributed by atoms with van der Waals surface area (Å²) in [5, 5.41) is 10.2. The van der Waals surface area contributed by atoms with Gasteiger partial charge >= 0.3 is 0 Å². The van der Waals surface area contributed by atoms with Gasteiger partial charge in [0.15, 0.2) is 5.78 Å². The molecule has 0 radical (unpaired) electrons. The second-order valence-corrected chi connectivity index (χ2v) is 9.97. The number of hydrogen-bond acceptors (Lipinski definition) is 5. The molecule has 1 aliphatic heterocycles. The van der Waals surface area contributed by atoms with Gasteiger partial charge in [-0.25, -0.2) is 4.39 Å². The van der Waals surface area contributed by atoms with Crippen LogP contribution in [0, 0.1) is 5.82 Å². The Hall–Kier alpha value is -3.03. The van der Waals surface area contributed by atoms with Crippen molar-refractivity contribution in [1.82, 2.24) is 5.32 Å². The number of carbonyl (C=O) groups is 2. The van der Waals surface area contributed by atoms with Crippen LogP contribution in [0.25, 0.3) is 0 Å². The van der Waals surface area contributed by atoms with E-state index in [4.69, 9.17) is 0 Å². The number of carbonyl (C=O) groups excluding carboxylic acids is 2. The van der Waals surface area contributed by atoms with Crippen molar-refractivity contribution in [3.63, 3.8) is 0 Å². The number of hydrogen-bond donors (Lipinski definition) is 2. The van der Waals surface area contributed by atoms with Crippen LogP contribution < -0.4 is 10.6 Å². The third-order valence-electron chi connectivity index (χ3n) is 5.93. The van der Waals surface area contributed by atoms with Crippen molar-refractivity contribution in [3.8, 4) is 0 Å². The molecule has 1 aliphatic carbocycles. The van der Waals surface area contributed by atoms with E-state index < -0.39 is 11.7 Å². The zero-order chi connectivity index (χ0) is 22.2. The predicted octanol–water partition coefficient (Wildman–Crippen LogP) is 5.95. The van der Waals surface area contributed by atoms with Gasteiger partial charge in [-0.1, -0.05) is 18.2 Å². The Morgan fingerprint density at radius 1 is 1.06 bits per heavy atom. The highest BCUT2D eigenvalue weighted by atomic mass is 32.1. The molecular weight excluding hydrogens is 443 g/mol. The van der Waals surface area contributed by atoms with Crippen LogP contribution in [-0.2, 0) is 9.59 Å². The molecular formula is C25H21FN2O2S2. The van der Waals surface area contributed by atoms with Crippen LogP contribution in [0.4, 0.5) is 10.1 Å². The number of benzene rings is 1. The number of halogens is 1. The summed E-state index contributed by atoms with van der Waals surface area (Å²) >= 11 is 3.20. The summed E-state index contributed by atoms with van der Waals surface area (Å²) in [7, 11) is 0. The van der Waals surface area contributed by atoms with E-state index >= 15 is 0 Å². The largest absolute Gasteiger partial charge is 0.362 e. The molecule has 0 bridgehead atoms. The number of allylic oxidation sites excluding steroid dienone is 3. The average Bonchev–Trinajstić information content (AvgIpc) is 3.47. The van der Waals surface area contributed by atoms with E-state index in [0.29, 0.717) is 23.3 Å². The lowest BCUT2D eigenvalue weighted by molar-refractivity contribution is -0.116. The van der Waals surface area contributed by atoms with Crippen LogP contribution in [0.5, 0.6) is 0 Å². The first kappa shape index (κ1) is 20.8. The van der Waals surface area contributed by atoms with Crippen LogP contribution in [0.3, 0.4) is 0 Å². The van der Waals surface area contributed by atoms with Crippen molar-refractivity contribution in [2.24, 2.45) is 0 Å². The molecule has 3 heterocycles. The molecule has 2 aliphatic rings. The summed E-state index contributed by atoms with van der Waals surface area (Å²) in [5.74, 6) is -0.972. The van der Waals surface area contributed by atoms with Crippen LogP contribution in [0.15, 0.2) is 81.8 Å². The van der Waals surface area contributed by atoms with Crippen LogP contribution in [0.2, 0.25) is 0 Å². The van der Waals surface area contributed by atoms with Gasteiger partial charge in [-0.05, 0) is 54.4 Å². The Morgan fingerprint density at radius 3 is 2.50 bits per heavy atom. The maximum Gasteiger partial charge on any atom is 0.254 e. The van der Waals surface area contributed by atoms with Gasteiger partial charge in [0.2, 0.25) is 0 Å². The standard InChI is InChI=1S/C25H21FN2O2S2/c1-14-22(25(30)28-17-6-2-5-16(26)13-17)24(21-8-4-10-32-21)23-18(27-14)11-15(12-19(23)29)20-7-3-9-31-20/h2-10,13,15,24,27H,11-12H2,1H3,(H,28,30). The molecule has 5 rings (SSSR count). The molecule has 4 nitrogen and oxygen atoms in total. The topological polar surface area (TPSA) is 58.2 Å². The fourth-order valence-electron chi connectivity index (χ4n) is 4.57. The number of rotatable bonds is 4. The Morgan fingerprint density at radius 2 is 1.81 bits per heavy atom. The SMILES string of the molecule is CC1=C(C(=O)Nc2cccc(F)c2)C(c2cccs2)C2=C(CC(c3cccs3)CC2=O)N1. The van der Waals surface area contributed by atoms with Crippen molar-refractivity contribution in [2.45, 2.75) is 31.6 Å². The molecule has 32 heavy (non-hydrogen) atoms. The molecule has 0 saturated heterocycles. The first-order valence-corrected chi connectivity index (χ1v) is 12.1. The molecule has 1 amide bonds. The van der Waals surface area contributed by atoms with Gasteiger partial charge < -0.3 is 10.6 Å². The van der Waals surface area contributed by atoms with Crippen molar-refractivity contribution in [2.75, 3.05) is 5.32 Å². The van der Waals surface area contributed by atoms with Gasteiger partial charge in [0, 0.05) is 50.3 Å². The Kier molecular flexibility index (Phi) is 5.53. The fraction of sp³-hybridized carbons (Fsp3) is 0.200. The molecule has 0 fully saturated rings. The fourth-order valence-corrected chi connectivity index (χ4v) is 6.24. The minimum Gasteiger partial charge on any atom is -0.362 e. The summed E-state index contributed by atoms with van der Waals surface area (Å²) in [6, 6.07) is 13.8. The van der Waals surface area contributed by atoms with E-state index in [2.05, 4.69) is 16.7 Å². The molecule has 2 atom stereocenters. The van der Waals surface area contributed by atoms with Crippen molar-refractivity contribution in [1.29, 1.82) is 0 Å². The highest BCUT2D eigenvalue weighted by Crippen LogP contribution is 2.47. The minimum atomic E-state index is -0.434. The Bertz CT molecular complexity index is 1240. The van der Waals surface area contributed by atoms with E-state index in [1.54, 1.807) is 23.5 Å². The molecule has 162 valence electrons. The first-order valence-electron chi connectivity index (χ1n) is 10.4. The zero-order valence-electron chi connectivity index (χ0n) is 17.4. The zero-order valence-corrected chi connectivity index (χ0v) is 19.0. The maximum atomic E-state index is 13.6. The van der Waals surface area contributed by atoms with E-state index in [1.807, 2.05) is 35.9 Å². The molecule has 2 N–H and O–H groups in total. The number of Topliss-reactive ketones (excluding diaryl/α,β-unsaturated/α-hetero) is 1. The van der Waals surface area contributed by atoms with E-state index in [0.717, 1.165) is 22.7 Å². The third kappa shape index (κ3) is 3.82. The lowest BCUT2D eigenvalue weighted by Gasteiger charge is -2.36. The Labute approximate surface area is 193 Å². The molecule has 2 aromatic heterocycles. The number of nitrogens with one attached hydrogen (secondary N) is 2. The van der Waals surface area contributed by atoms with Gasteiger partial charge in [0.05, 0.1) is 5.92 Å². The second-order valence-electron chi connectivity index (χ2n) is 8.01. The lowest BCUT2D eigenvalue weighted by atomic mass is 9.74. The molecule has 0 saturated carbocycles. The molecule has 2 unspecified atom stereocenters. The second kappa shape index (κ2) is 8.48. The van der Waals surface area contributed by atoms with E-state index in [-0.39, 0.29) is 17.6 Å². The summed E-state index contributed by atoms with van der Waals surface area (Å²) in [6.07, 6.45) is 1.17. The highest BCUT2D eigenvalue weighted by molar-refractivity contribution is 7.10. The number of ketones is 1. The number of dihydropyridines is 1. The molecule has 1 aromatic carbocycles. The van der Waals surface area contributed by atoms with Crippen molar-refractivity contribution >= 4 is 40.1 Å². The highest BCUT2D eigenvalue weighted by Gasteiger charge is 2.41. The van der Waals surface area contributed by atoms with Gasteiger partial charge in [0.1, 0.15) is 5.82 Å². The minimum absolute atomic E-state index is 0.0686. The molecule has 0 spiro atoms. The quantitative estimate of drug-likeness (QED) is 0.502. The van der Waals surface area contributed by atoms with Crippen molar-refractivity contribution in [3.05, 3.63) is 97.4 Å². The van der Waals surface area contributed by atoms with Gasteiger partial charge in [0.25, 0.3) is 5.91 Å². The van der Waals surface area contributed by atoms with Crippen molar-refractivity contribution < 1.29 is 14.0 Å². The normalized spacial score (nSPS) is 20.8. The van der Waals surface area contributed by atoms with Crippen LogP contribution in [-0.4, -0.2) is 11.7 Å². The number of amides is 1. The average molecular weight is 465 g/mol. The lowest BCUT2D eigenvalue weighted by Crippen LogP contribution is -2.36. The number of anilines is 1. The number of thiophene rings is 2. The summed E-state index contributed by atoms with van der Waals surface area (Å²) in [4.78, 5) is 28.9. The van der Waals surface area contributed by atoms with Gasteiger partial charge in [-0.2, -0.15) is 0 Å². The molecule has 3 aromatic rings. The van der Waals surface area contributed by atoms with E-state index in [9.17, 15) is 14.0 Å². The van der Waals surface area contributed by atoms with Gasteiger partial charge in [-0.15, -0.1) is 22.7 Å². The smallest absolute Gasteiger partial charge is 0.254 e. The van der Waals surface area contributed by atoms with E-state index in [1.165, 1.54) is 28.3 Å². The summed E-state index contributed by atoms with van der Waals surface area (Å²) in [5.41, 5.74) is 3.18. The Balaban J connectivity index is 1.53. The third-order valence-corrected chi connectivity index (χ3v) is 7.90. The van der Waals surface area contributed by atoms with Gasteiger partial charge in [-0.3, -0.25) is 9.59 Å². The molecule has 7 heteroatoms. The maximum absolute atomic E-state index is 13.6. The first-order chi connectivity index (χ1) is 15.5. The van der Waals surface area contributed by atoms with Crippen LogP contribution >= 0.6 is 22.7 Å². The summed E-state index contributed by atoms with van der Waals surface area (Å²) in [6.45, 7) is 1.87.